The van der Waals surface area contributed by atoms with Crippen LogP contribution in [0.5, 0.6) is 0 Å². The topological polar surface area (TPSA) is 72.9 Å². The minimum absolute atomic E-state index is 0.163. The number of carbonyl (C=O) groups is 1. The number of amides is 1. The van der Waals surface area contributed by atoms with E-state index < -0.39 is 0 Å². The van der Waals surface area contributed by atoms with Crippen molar-refractivity contribution in [1.82, 2.24) is 15.1 Å². The minimum atomic E-state index is -0.163. The Morgan fingerprint density at radius 1 is 1.17 bits per heavy atom. The number of halogens is 2. The highest BCUT2D eigenvalue weighted by molar-refractivity contribution is 6.42. The van der Waals surface area contributed by atoms with E-state index in [9.17, 15) is 4.79 Å². The average Bonchev–Trinajstić information content (AvgIpc) is 3.02. The summed E-state index contributed by atoms with van der Waals surface area (Å²) in [6.45, 7) is 0. The molecule has 1 fully saturated rings. The highest BCUT2D eigenvalue weighted by Crippen LogP contribution is 2.24. The second kappa shape index (κ2) is 6.91. The van der Waals surface area contributed by atoms with Crippen LogP contribution in [0.2, 0.25) is 10.0 Å². The van der Waals surface area contributed by atoms with E-state index >= 15 is 0 Å². The van der Waals surface area contributed by atoms with Gasteiger partial charge in [-0.2, -0.15) is 5.10 Å². The second-order valence-electron chi connectivity index (χ2n) is 5.83. The molecule has 3 N–H and O–H groups in total. The maximum Gasteiger partial charge on any atom is 0.272 e. The predicted octanol–water partition coefficient (Wildman–Crippen LogP) is 3.18. The van der Waals surface area contributed by atoms with Crippen LogP contribution in [0, 0.1) is 0 Å². The maximum absolute atomic E-state index is 12.3. The Morgan fingerprint density at radius 3 is 2.61 bits per heavy atom. The molecule has 1 amide bonds. The molecule has 0 bridgehead atoms. The molecule has 1 aliphatic rings. The van der Waals surface area contributed by atoms with E-state index in [1.807, 2.05) is 0 Å². The molecule has 1 aromatic heterocycles. The normalized spacial score (nSPS) is 21.2. The third kappa shape index (κ3) is 3.86. The standard InChI is InChI=1S/C16H18Cl2N4O/c17-13-6-5-12(9-14(13)18)22-8-7-15(21-22)16(23)20-11-3-1-10(19)2-4-11/h5-11H,1-4,19H2,(H,20,23). The lowest BCUT2D eigenvalue weighted by Crippen LogP contribution is -2.40. The van der Waals surface area contributed by atoms with Gasteiger partial charge in [-0.1, -0.05) is 23.2 Å². The Kier molecular flexibility index (Phi) is 4.90. The van der Waals surface area contributed by atoms with E-state index in [2.05, 4.69) is 10.4 Å². The van der Waals surface area contributed by atoms with Crippen molar-refractivity contribution in [2.75, 3.05) is 0 Å². The molecule has 0 spiro atoms. The van der Waals surface area contributed by atoms with Gasteiger partial charge in [0.2, 0.25) is 0 Å². The molecule has 1 saturated carbocycles. The molecule has 122 valence electrons. The quantitative estimate of drug-likeness (QED) is 0.890. The molecule has 0 aliphatic heterocycles. The van der Waals surface area contributed by atoms with Crippen molar-refractivity contribution in [3.05, 3.63) is 46.2 Å². The Bertz CT molecular complexity index is 708. The lowest BCUT2D eigenvalue weighted by molar-refractivity contribution is 0.0920. The fourth-order valence-electron chi connectivity index (χ4n) is 2.74. The monoisotopic (exact) mass is 352 g/mol. The Balaban J connectivity index is 1.68. The predicted molar refractivity (Wildman–Crippen MR) is 91.3 cm³/mol. The molecule has 7 heteroatoms. The smallest absolute Gasteiger partial charge is 0.272 e. The molecule has 0 atom stereocenters. The van der Waals surface area contributed by atoms with Gasteiger partial charge in [0.1, 0.15) is 0 Å². The lowest BCUT2D eigenvalue weighted by atomic mass is 9.92. The molecule has 5 nitrogen and oxygen atoms in total. The van der Waals surface area contributed by atoms with E-state index in [1.54, 1.807) is 35.1 Å². The first-order chi connectivity index (χ1) is 11.0. The van der Waals surface area contributed by atoms with E-state index in [1.165, 1.54) is 0 Å². The SMILES string of the molecule is NC1CCC(NC(=O)c2ccn(-c3ccc(Cl)c(Cl)c3)n2)CC1. The average molecular weight is 353 g/mol. The van der Waals surface area contributed by atoms with E-state index in [0.29, 0.717) is 15.7 Å². The largest absolute Gasteiger partial charge is 0.348 e. The van der Waals surface area contributed by atoms with Crippen LogP contribution in [0.4, 0.5) is 0 Å². The van der Waals surface area contributed by atoms with Crippen molar-refractivity contribution < 1.29 is 4.79 Å². The van der Waals surface area contributed by atoms with Gasteiger partial charge in [-0.25, -0.2) is 4.68 Å². The van der Waals surface area contributed by atoms with Crippen LogP contribution in [-0.2, 0) is 0 Å². The summed E-state index contributed by atoms with van der Waals surface area (Å²) in [5.74, 6) is -0.163. The van der Waals surface area contributed by atoms with Crippen molar-refractivity contribution in [2.24, 2.45) is 5.73 Å². The zero-order chi connectivity index (χ0) is 16.4. The molecule has 0 saturated heterocycles. The van der Waals surface area contributed by atoms with Crippen LogP contribution < -0.4 is 11.1 Å². The van der Waals surface area contributed by atoms with Crippen LogP contribution in [0.1, 0.15) is 36.2 Å². The summed E-state index contributed by atoms with van der Waals surface area (Å²) in [6, 6.07) is 7.33. The van der Waals surface area contributed by atoms with Gasteiger partial charge < -0.3 is 11.1 Å². The Hall–Kier alpha value is -1.56. The van der Waals surface area contributed by atoms with Gasteiger partial charge in [0.05, 0.1) is 15.7 Å². The summed E-state index contributed by atoms with van der Waals surface area (Å²) in [5, 5.41) is 8.26. The number of nitrogens with two attached hydrogens (primary N) is 1. The van der Waals surface area contributed by atoms with Crippen molar-refractivity contribution in [3.63, 3.8) is 0 Å². The van der Waals surface area contributed by atoms with E-state index in [-0.39, 0.29) is 18.0 Å². The van der Waals surface area contributed by atoms with Crippen LogP contribution >= 0.6 is 23.2 Å². The van der Waals surface area contributed by atoms with Gasteiger partial charge in [-0.05, 0) is 49.9 Å². The zero-order valence-corrected chi connectivity index (χ0v) is 14.0. The van der Waals surface area contributed by atoms with Crippen molar-refractivity contribution in [2.45, 2.75) is 37.8 Å². The van der Waals surface area contributed by atoms with Crippen LogP contribution in [0.25, 0.3) is 5.69 Å². The lowest BCUT2D eigenvalue weighted by Gasteiger charge is -2.26. The minimum Gasteiger partial charge on any atom is -0.348 e. The summed E-state index contributed by atoms with van der Waals surface area (Å²) >= 11 is 11.9. The summed E-state index contributed by atoms with van der Waals surface area (Å²) in [4.78, 5) is 12.3. The van der Waals surface area contributed by atoms with Crippen molar-refractivity contribution in [1.29, 1.82) is 0 Å². The van der Waals surface area contributed by atoms with Crippen molar-refractivity contribution >= 4 is 29.1 Å². The number of hydrogen-bond donors (Lipinski definition) is 2. The fraction of sp³-hybridized carbons (Fsp3) is 0.375. The summed E-state index contributed by atoms with van der Waals surface area (Å²) in [6.07, 6.45) is 5.46. The highest BCUT2D eigenvalue weighted by atomic mass is 35.5. The second-order valence-corrected chi connectivity index (χ2v) is 6.64. The van der Waals surface area contributed by atoms with Gasteiger partial charge in [0.15, 0.2) is 5.69 Å². The molecule has 0 unspecified atom stereocenters. The molecule has 23 heavy (non-hydrogen) atoms. The van der Waals surface area contributed by atoms with Gasteiger partial charge >= 0.3 is 0 Å². The Labute approximate surface area is 144 Å². The van der Waals surface area contributed by atoms with Crippen LogP contribution in [0.3, 0.4) is 0 Å². The molecule has 3 rings (SSSR count). The number of carbonyl (C=O) groups excluding carboxylic acids is 1. The first-order valence-corrected chi connectivity index (χ1v) is 8.36. The number of rotatable bonds is 3. The summed E-state index contributed by atoms with van der Waals surface area (Å²) < 4.78 is 1.61. The van der Waals surface area contributed by atoms with Crippen LogP contribution in [-0.4, -0.2) is 27.8 Å². The molecule has 1 aliphatic carbocycles. The van der Waals surface area contributed by atoms with Gasteiger partial charge in [-0.15, -0.1) is 0 Å². The summed E-state index contributed by atoms with van der Waals surface area (Å²) in [7, 11) is 0. The first kappa shape index (κ1) is 16.3. The van der Waals surface area contributed by atoms with Gasteiger partial charge in [0.25, 0.3) is 5.91 Å². The number of aromatic nitrogens is 2. The maximum atomic E-state index is 12.3. The molecule has 0 radical (unpaired) electrons. The third-order valence-electron chi connectivity index (χ3n) is 4.10. The molecule has 1 aromatic carbocycles. The van der Waals surface area contributed by atoms with E-state index in [0.717, 1.165) is 31.4 Å². The number of nitrogens with one attached hydrogen (secondary N) is 1. The number of hydrogen-bond acceptors (Lipinski definition) is 3. The zero-order valence-electron chi connectivity index (χ0n) is 12.5. The number of nitrogens with zero attached hydrogens (tertiary/aromatic N) is 2. The Morgan fingerprint density at radius 2 is 1.91 bits per heavy atom. The first-order valence-electron chi connectivity index (χ1n) is 7.60. The van der Waals surface area contributed by atoms with Gasteiger partial charge in [0, 0.05) is 18.3 Å². The van der Waals surface area contributed by atoms with E-state index in [4.69, 9.17) is 28.9 Å². The van der Waals surface area contributed by atoms with Gasteiger partial charge in [-0.3, -0.25) is 4.79 Å². The summed E-state index contributed by atoms with van der Waals surface area (Å²) in [5.41, 5.74) is 7.01. The number of benzene rings is 1. The van der Waals surface area contributed by atoms with Crippen molar-refractivity contribution in [3.8, 4) is 5.69 Å². The molecule has 1 heterocycles. The highest BCUT2D eigenvalue weighted by Gasteiger charge is 2.21. The third-order valence-corrected chi connectivity index (χ3v) is 4.84. The van der Waals surface area contributed by atoms with Crippen LogP contribution in [0.15, 0.2) is 30.5 Å². The fourth-order valence-corrected chi connectivity index (χ4v) is 3.03. The molecule has 2 aromatic rings. The molecular formula is C16H18Cl2N4O. The molecular weight excluding hydrogens is 335 g/mol.